The molecule has 2 fully saturated rings. The Hall–Kier alpha value is -1.32. The summed E-state index contributed by atoms with van der Waals surface area (Å²) in [5.74, 6) is -0.878. The number of hydrogen-bond donors (Lipinski definition) is 4. The predicted molar refractivity (Wildman–Crippen MR) is 89.7 cm³/mol. The van der Waals surface area contributed by atoms with E-state index >= 15 is 0 Å². The van der Waals surface area contributed by atoms with Crippen LogP contribution in [-0.4, -0.2) is 69.5 Å². The Morgan fingerprint density at radius 1 is 1.23 bits per heavy atom. The van der Waals surface area contributed by atoms with Crippen molar-refractivity contribution in [3.05, 3.63) is 12.2 Å². The minimum atomic E-state index is -1.62. The highest BCUT2D eigenvalue weighted by Crippen LogP contribution is 2.34. The Kier molecular flexibility index (Phi) is 7.72. The van der Waals surface area contributed by atoms with E-state index in [1.165, 1.54) is 0 Å². The van der Waals surface area contributed by atoms with Gasteiger partial charge in [0.05, 0.1) is 6.61 Å². The van der Waals surface area contributed by atoms with Crippen molar-refractivity contribution in [2.24, 2.45) is 11.8 Å². The van der Waals surface area contributed by atoms with Gasteiger partial charge >= 0.3 is 5.97 Å². The summed E-state index contributed by atoms with van der Waals surface area (Å²) in [4.78, 5) is 24.3. The number of Topliss-reactive ketones (excluding diaryl/α,β-unsaturated/α-hetero) is 1. The van der Waals surface area contributed by atoms with Gasteiger partial charge in [0, 0.05) is 18.8 Å². The number of aliphatic hydroxyl groups is 4. The number of rotatable bonds is 7. The normalized spacial score (nSPS) is 38.0. The highest BCUT2D eigenvalue weighted by molar-refractivity contribution is 5.84. The lowest BCUT2D eigenvalue weighted by atomic mass is 9.89. The van der Waals surface area contributed by atoms with Crippen LogP contribution < -0.4 is 0 Å². The van der Waals surface area contributed by atoms with E-state index in [2.05, 4.69) is 0 Å². The lowest BCUT2D eigenvalue weighted by molar-refractivity contribution is -0.292. The van der Waals surface area contributed by atoms with Crippen LogP contribution in [0.15, 0.2) is 12.2 Å². The molecule has 0 bridgehead atoms. The predicted octanol–water partition coefficient (Wildman–Crippen LogP) is -0.329. The van der Waals surface area contributed by atoms with E-state index in [-0.39, 0.29) is 24.0 Å². The molecule has 7 atom stereocenters. The Morgan fingerprint density at radius 3 is 2.62 bits per heavy atom. The molecule has 0 aromatic heterocycles. The molecule has 0 spiro atoms. The Labute approximate surface area is 152 Å². The summed E-state index contributed by atoms with van der Waals surface area (Å²) in [7, 11) is 0. The first kappa shape index (κ1) is 21.0. The molecule has 2 aliphatic rings. The van der Waals surface area contributed by atoms with Crippen molar-refractivity contribution in [3.8, 4) is 0 Å². The standard InChI is InChI=1S/C18H28O8/c1-2-3-4-5-11-10(6-7-12(11)20)8-14(21)26-18-17(24)16(23)15(22)13(9-19)25-18/h3-4,10-11,13,15-19,22-24H,2,5-9H2,1H3. The quantitative estimate of drug-likeness (QED) is 0.353. The minimum Gasteiger partial charge on any atom is -0.433 e. The third-order valence-corrected chi connectivity index (χ3v) is 5.06. The zero-order valence-electron chi connectivity index (χ0n) is 14.9. The lowest BCUT2D eigenvalue weighted by Crippen LogP contribution is -2.59. The number of aliphatic hydroxyl groups excluding tert-OH is 4. The summed E-state index contributed by atoms with van der Waals surface area (Å²) < 4.78 is 10.3. The summed E-state index contributed by atoms with van der Waals surface area (Å²) in [5, 5.41) is 38.5. The van der Waals surface area contributed by atoms with Crippen molar-refractivity contribution in [3.63, 3.8) is 0 Å². The molecule has 1 heterocycles. The van der Waals surface area contributed by atoms with E-state index in [1.54, 1.807) is 0 Å². The van der Waals surface area contributed by atoms with Gasteiger partial charge in [0.15, 0.2) is 0 Å². The summed E-state index contributed by atoms with van der Waals surface area (Å²) in [6.45, 7) is 1.41. The SMILES string of the molecule is CCC=CCC1C(=O)CCC1CC(=O)OC1OC(CO)C(O)C(O)C1O. The fraction of sp³-hybridized carbons (Fsp3) is 0.778. The first-order valence-corrected chi connectivity index (χ1v) is 9.06. The molecule has 148 valence electrons. The smallest absolute Gasteiger partial charge is 0.308 e. The monoisotopic (exact) mass is 372 g/mol. The van der Waals surface area contributed by atoms with E-state index in [0.717, 1.165) is 6.42 Å². The van der Waals surface area contributed by atoms with Crippen molar-refractivity contribution in [1.29, 1.82) is 0 Å². The molecule has 1 saturated carbocycles. The highest BCUT2D eigenvalue weighted by atomic mass is 16.7. The fourth-order valence-corrected chi connectivity index (χ4v) is 3.51. The van der Waals surface area contributed by atoms with E-state index in [4.69, 9.17) is 14.6 Å². The van der Waals surface area contributed by atoms with Gasteiger partial charge in [-0.25, -0.2) is 0 Å². The van der Waals surface area contributed by atoms with Gasteiger partial charge < -0.3 is 29.9 Å². The van der Waals surface area contributed by atoms with Crippen LogP contribution >= 0.6 is 0 Å². The van der Waals surface area contributed by atoms with Crippen LogP contribution in [0.3, 0.4) is 0 Å². The van der Waals surface area contributed by atoms with E-state index in [9.17, 15) is 24.9 Å². The summed E-state index contributed by atoms with van der Waals surface area (Å²) in [5.41, 5.74) is 0. The van der Waals surface area contributed by atoms with Crippen molar-refractivity contribution in [2.75, 3.05) is 6.61 Å². The highest BCUT2D eigenvalue weighted by Gasteiger charge is 2.45. The number of allylic oxidation sites excluding steroid dienone is 2. The Bertz CT molecular complexity index is 517. The molecule has 0 aromatic carbocycles. The van der Waals surface area contributed by atoms with Gasteiger partial charge in [-0.15, -0.1) is 0 Å². The molecule has 1 aliphatic heterocycles. The molecule has 1 aliphatic carbocycles. The Balaban J connectivity index is 1.92. The van der Waals surface area contributed by atoms with E-state index in [0.29, 0.717) is 19.3 Å². The molecule has 7 unspecified atom stereocenters. The molecular weight excluding hydrogens is 344 g/mol. The van der Waals surface area contributed by atoms with Gasteiger partial charge in [0.2, 0.25) is 6.29 Å². The van der Waals surface area contributed by atoms with Crippen LogP contribution in [0.5, 0.6) is 0 Å². The third kappa shape index (κ3) is 4.89. The average Bonchev–Trinajstić information content (AvgIpc) is 2.95. The largest absolute Gasteiger partial charge is 0.433 e. The maximum Gasteiger partial charge on any atom is 0.308 e. The van der Waals surface area contributed by atoms with Gasteiger partial charge in [0.1, 0.15) is 30.2 Å². The number of carbonyl (C=O) groups is 2. The van der Waals surface area contributed by atoms with E-state index < -0.39 is 43.3 Å². The average molecular weight is 372 g/mol. The second-order valence-electron chi connectivity index (χ2n) is 6.88. The minimum absolute atomic E-state index is 0.00535. The van der Waals surface area contributed by atoms with Gasteiger partial charge in [0.25, 0.3) is 0 Å². The molecule has 4 N–H and O–H groups in total. The molecule has 8 heteroatoms. The number of carbonyl (C=O) groups excluding carboxylic acids is 2. The van der Waals surface area contributed by atoms with Gasteiger partial charge in [-0.1, -0.05) is 19.1 Å². The molecular formula is C18H28O8. The lowest BCUT2D eigenvalue weighted by Gasteiger charge is -2.39. The molecule has 1 saturated heterocycles. The van der Waals surface area contributed by atoms with E-state index in [1.807, 2.05) is 19.1 Å². The first-order chi connectivity index (χ1) is 12.4. The second kappa shape index (κ2) is 9.57. The second-order valence-corrected chi connectivity index (χ2v) is 6.88. The van der Waals surface area contributed by atoms with Crippen molar-refractivity contribution >= 4 is 11.8 Å². The maximum absolute atomic E-state index is 12.2. The van der Waals surface area contributed by atoms with Crippen LogP contribution in [0.4, 0.5) is 0 Å². The van der Waals surface area contributed by atoms with Crippen LogP contribution in [0.1, 0.15) is 39.0 Å². The zero-order valence-corrected chi connectivity index (χ0v) is 14.9. The molecule has 0 aromatic rings. The number of hydrogen-bond acceptors (Lipinski definition) is 8. The molecule has 0 amide bonds. The van der Waals surface area contributed by atoms with Crippen LogP contribution in [0.2, 0.25) is 0 Å². The fourth-order valence-electron chi connectivity index (χ4n) is 3.51. The number of esters is 1. The van der Waals surface area contributed by atoms with Gasteiger partial charge in [-0.2, -0.15) is 0 Å². The maximum atomic E-state index is 12.2. The molecule has 8 nitrogen and oxygen atoms in total. The number of ketones is 1. The van der Waals surface area contributed by atoms with Crippen molar-refractivity contribution in [1.82, 2.24) is 0 Å². The van der Waals surface area contributed by atoms with Gasteiger partial charge in [-0.3, -0.25) is 9.59 Å². The zero-order chi connectivity index (χ0) is 19.3. The summed E-state index contributed by atoms with van der Waals surface area (Å²) in [6.07, 6.45) is -0.897. The number of ether oxygens (including phenoxy) is 2. The topological polar surface area (TPSA) is 134 Å². The summed E-state index contributed by atoms with van der Waals surface area (Å²) in [6, 6.07) is 0. The summed E-state index contributed by atoms with van der Waals surface area (Å²) >= 11 is 0. The van der Waals surface area contributed by atoms with Gasteiger partial charge in [-0.05, 0) is 25.2 Å². The third-order valence-electron chi connectivity index (χ3n) is 5.06. The molecule has 26 heavy (non-hydrogen) atoms. The first-order valence-electron chi connectivity index (χ1n) is 9.06. The molecule has 0 radical (unpaired) electrons. The van der Waals surface area contributed by atoms with Crippen LogP contribution in [0, 0.1) is 11.8 Å². The van der Waals surface area contributed by atoms with Crippen LogP contribution in [-0.2, 0) is 19.1 Å². The van der Waals surface area contributed by atoms with Crippen molar-refractivity contribution < 1.29 is 39.5 Å². The van der Waals surface area contributed by atoms with Crippen molar-refractivity contribution in [2.45, 2.75) is 69.7 Å². The Morgan fingerprint density at radius 2 is 1.96 bits per heavy atom. The van der Waals surface area contributed by atoms with Crippen LogP contribution in [0.25, 0.3) is 0 Å². The molecule has 2 rings (SSSR count).